The quantitative estimate of drug-likeness (QED) is 0.450. The molecule has 4 heterocycles. The summed E-state index contributed by atoms with van der Waals surface area (Å²) in [6, 6.07) is 15.5. The lowest BCUT2D eigenvalue weighted by Gasteiger charge is -2.07. The minimum absolute atomic E-state index is 0.174. The van der Waals surface area contributed by atoms with Crippen molar-refractivity contribution in [1.29, 1.82) is 0 Å². The summed E-state index contributed by atoms with van der Waals surface area (Å²) in [7, 11) is 0. The molecule has 160 valence electrons. The molecule has 1 N–H and O–H groups in total. The second-order valence-electron chi connectivity index (χ2n) is 7.86. The second kappa shape index (κ2) is 8.14. The molecule has 32 heavy (non-hydrogen) atoms. The molecule has 0 atom stereocenters. The van der Waals surface area contributed by atoms with E-state index in [0.717, 1.165) is 28.3 Å². The summed E-state index contributed by atoms with van der Waals surface area (Å²) < 4.78 is 5.67. The standard InChI is InChI=1S/C24H23N7O/c1-17-10-18(2)31(28-17)13-19-6-5-7-20(11-19)24(32)27-21-12-25-30(15-21)16-22-14-29-9-4-3-8-23(29)26-22/h3-12,14-15H,13,16H2,1-2H3,(H,27,32). The molecule has 0 unspecified atom stereocenters. The van der Waals surface area contributed by atoms with Crippen LogP contribution in [-0.4, -0.2) is 34.9 Å². The van der Waals surface area contributed by atoms with Gasteiger partial charge >= 0.3 is 0 Å². The summed E-state index contributed by atoms with van der Waals surface area (Å²) in [4.78, 5) is 17.4. The van der Waals surface area contributed by atoms with Crippen LogP contribution in [0.5, 0.6) is 0 Å². The van der Waals surface area contributed by atoms with Crippen LogP contribution in [-0.2, 0) is 13.1 Å². The number of nitrogens with one attached hydrogen (secondary N) is 1. The van der Waals surface area contributed by atoms with Gasteiger partial charge in [0.1, 0.15) is 5.65 Å². The average molecular weight is 425 g/mol. The Bertz CT molecular complexity index is 1380. The summed E-state index contributed by atoms with van der Waals surface area (Å²) in [5.74, 6) is -0.174. The highest BCUT2D eigenvalue weighted by atomic mass is 16.1. The van der Waals surface area contributed by atoms with Crippen molar-refractivity contribution in [3.63, 3.8) is 0 Å². The summed E-state index contributed by atoms with van der Waals surface area (Å²) >= 11 is 0. The van der Waals surface area contributed by atoms with Crippen molar-refractivity contribution in [2.24, 2.45) is 0 Å². The molecule has 0 fully saturated rings. The number of pyridine rings is 1. The first-order valence-corrected chi connectivity index (χ1v) is 10.4. The highest BCUT2D eigenvalue weighted by molar-refractivity contribution is 6.04. The zero-order valence-electron chi connectivity index (χ0n) is 17.9. The first-order chi connectivity index (χ1) is 15.5. The highest BCUT2D eigenvalue weighted by Gasteiger charge is 2.10. The van der Waals surface area contributed by atoms with E-state index in [2.05, 4.69) is 20.5 Å². The summed E-state index contributed by atoms with van der Waals surface area (Å²) in [5.41, 5.74) is 6.12. The Hall–Kier alpha value is -4.20. The normalized spacial score (nSPS) is 11.2. The lowest BCUT2D eigenvalue weighted by Crippen LogP contribution is -2.12. The van der Waals surface area contributed by atoms with Crippen LogP contribution < -0.4 is 5.32 Å². The maximum absolute atomic E-state index is 12.8. The summed E-state index contributed by atoms with van der Waals surface area (Å²) in [6.07, 6.45) is 7.39. The van der Waals surface area contributed by atoms with Crippen LogP contribution in [0.4, 0.5) is 5.69 Å². The van der Waals surface area contributed by atoms with E-state index in [0.29, 0.717) is 24.3 Å². The SMILES string of the molecule is Cc1cc(C)n(Cc2cccc(C(=O)Nc3cnn(Cc4cn5ccccc5n4)c3)c2)n1. The highest BCUT2D eigenvalue weighted by Crippen LogP contribution is 2.14. The first-order valence-electron chi connectivity index (χ1n) is 10.4. The fourth-order valence-electron chi connectivity index (χ4n) is 3.77. The van der Waals surface area contributed by atoms with E-state index in [1.807, 2.05) is 84.0 Å². The predicted octanol–water partition coefficient (Wildman–Crippen LogP) is 3.69. The largest absolute Gasteiger partial charge is 0.319 e. The molecule has 8 heteroatoms. The molecule has 0 aliphatic heterocycles. The topological polar surface area (TPSA) is 82.0 Å². The van der Waals surface area contributed by atoms with Gasteiger partial charge in [-0.15, -0.1) is 0 Å². The molecule has 0 radical (unpaired) electrons. The van der Waals surface area contributed by atoms with Crippen molar-refractivity contribution in [3.05, 3.63) is 102 Å². The number of carbonyl (C=O) groups is 1. The molecule has 0 saturated carbocycles. The van der Waals surface area contributed by atoms with Gasteiger partial charge < -0.3 is 9.72 Å². The van der Waals surface area contributed by atoms with Crippen LogP contribution in [0.25, 0.3) is 5.65 Å². The van der Waals surface area contributed by atoms with Crippen molar-refractivity contribution in [3.8, 4) is 0 Å². The van der Waals surface area contributed by atoms with Gasteiger partial charge in [0.2, 0.25) is 0 Å². The molecular weight excluding hydrogens is 402 g/mol. The molecule has 0 bridgehead atoms. The van der Waals surface area contributed by atoms with Gasteiger partial charge in [0.25, 0.3) is 5.91 Å². The van der Waals surface area contributed by atoms with E-state index in [9.17, 15) is 4.79 Å². The van der Waals surface area contributed by atoms with Crippen LogP contribution in [0, 0.1) is 13.8 Å². The fourth-order valence-corrected chi connectivity index (χ4v) is 3.77. The Balaban J connectivity index is 1.26. The Kier molecular flexibility index (Phi) is 5.03. The van der Waals surface area contributed by atoms with Gasteiger partial charge in [0.05, 0.1) is 36.4 Å². The van der Waals surface area contributed by atoms with Crippen LogP contribution >= 0.6 is 0 Å². The maximum atomic E-state index is 12.8. The Morgan fingerprint density at radius 2 is 1.94 bits per heavy atom. The Morgan fingerprint density at radius 1 is 1.03 bits per heavy atom. The number of aryl methyl sites for hydroxylation is 2. The summed E-state index contributed by atoms with van der Waals surface area (Å²) in [5, 5.41) is 11.8. The molecule has 0 saturated heterocycles. The maximum Gasteiger partial charge on any atom is 0.255 e. The number of anilines is 1. The van der Waals surface area contributed by atoms with Gasteiger partial charge in [0.15, 0.2) is 0 Å². The van der Waals surface area contributed by atoms with Crippen LogP contribution in [0.3, 0.4) is 0 Å². The van der Waals surface area contributed by atoms with Crippen molar-refractivity contribution in [1.82, 2.24) is 28.9 Å². The van der Waals surface area contributed by atoms with Crippen molar-refractivity contribution in [2.45, 2.75) is 26.9 Å². The smallest absolute Gasteiger partial charge is 0.255 e. The van der Waals surface area contributed by atoms with E-state index >= 15 is 0 Å². The number of aromatic nitrogens is 6. The zero-order valence-corrected chi connectivity index (χ0v) is 17.9. The second-order valence-corrected chi connectivity index (χ2v) is 7.86. The average Bonchev–Trinajstić information content (AvgIpc) is 3.47. The third-order valence-corrected chi connectivity index (χ3v) is 5.25. The molecule has 1 amide bonds. The van der Waals surface area contributed by atoms with E-state index in [1.165, 1.54) is 0 Å². The monoisotopic (exact) mass is 425 g/mol. The van der Waals surface area contributed by atoms with Crippen LogP contribution in [0.1, 0.15) is 33.0 Å². The third-order valence-electron chi connectivity index (χ3n) is 5.25. The van der Waals surface area contributed by atoms with Crippen molar-refractivity contribution in [2.75, 3.05) is 5.32 Å². The Morgan fingerprint density at radius 3 is 2.75 bits per heavy atom. The minimum atomic E-state index is -0.174. The number of nitrogens with zero attached hydrogens (tertiary/aromatic N) is 6. The number of imidazole rings is 1. The molecular formula is C24H23N7O. The number of amides is 1. The molecule has 5 rings (SSSR count). The molecule has 0 spiro atoms. The molecule has 4 aromatic heterocycles. The number of benzene rings is 1. The van der Waals surface area contributed by atoms with E-state index in [-0.39, 0.29) is 5.91 Å². The molecule has 8 nitrogen and oxygen atoms in total. The lowest BCUT2D eigenvalue weighted by atomic mass is 10.1. The molecule has 1 aromatic carbocycles. The lowest BCUT2D eigenvalue weighted by molar-refractivity contribution is 0.102. The first kappa shape index (κ1) is 19.7. The van der Waals surface area contributed by atoms with Crippen LogP contribution in [0.15, 0.2) is 73.3 Å². The number of rotatable bonds is 6. The Labute approximate surface area is 185 Å². The van der Waals surface area contributed by atoms with Crippen molar-refractivity contribution >= 4 is 17.2 Å². The van der Waals surface area contributed by atoms with Gasteiger partial charge in [-0.2, -0.15) is 10.2 Å². The number of hydrogen-bond acceptors (Lipinski definition) is 4. The number of carbonyl (C=O) groups excluding carboxylic acids is 1. The van der Waals surface area contributed by atoms with Gasteiger partial charge in [-0.1, -0.05) is 18.2 Å². The van der Waals surface area contributed by atoms with Gasteiger partial charge in [0, 0.05) is 29.8 Å². The van der Waals surface area contributed by atoms with Crippen molar-refractivity contribution < 1.29 is 4.79 Å². The fraction of sp³-hybridized carbons (Fsp3) is 0.167. The van der Waals surface area contributed by atoms with Gasteiger partial charge in [-0.25, -0.2) is 4.98 Å². The molecule has 5 aromatic rings. The van der Waals surface area contributed by atoms with E-state index < -0.39 is 0 Å². The zero-order chi connectivity index (χ0) is 22.1. The minimum Gasteiger partial charge on any atom is -0.319 e. The van der Waals surface area contributed by atoms with E-state index in [4.69, 9.17) is 0 Å². The third kappa shape index (κ3) is 4.15. The number of hydrogen-bond donors (Lipinski definition) is 1. The summed E-state index contributed by atoms with van der Waals surface area (Å²) in [6.45, 7) is 5.15. The molecule has 0 aliphatic carbocycles. The van der Waals surface area contributed by atoms with Crippen LogP contribution in [0.2, 0.25) is 0 Å². The molecule has 0 aliphatic rings. The van der Waals surface area contributed by atoms with Gasteiger partial charge in [-0.3, -0.25) is 14.2 Å². The predicted molar refractivity (Wildman–Crippen MR) is 122 cm³/mol. The number of fused-ring (bicyclic) bond motifs is 1. The van der Waals surface area contributed by atoms with Gasteiger partial charge in [-0.05, 0) is 49.7 Å². The van der Waals surface area contributed by atoms with E-state index in [1.54, 1.807) is 16.9 Å².